The lowest BCUT2D eigenvalue weighted by Gasteiger charge is -2.11. The van der Waals surface area contributed by atoms with E-state index in [1.165, 1.54) is 11.1 Å². The Kier molecular flexibility index (Phi) is 4.66. The predicted octanol–water partition coefficient (Wildman–Crippen LogP) is 4.92. The first kappa shape index (κ1) is 16.3. The van der Waals surface area contributed by atoms with Crippen molar-refractivity contribution in [2.45, 2.75) is 46.6 Å². The van der Waals surface area contributed by atoms with Crippen molar-refractivity contribution in [1.82, 2.24) is 9.55 Å². The van der Waals surface area contributed by atoms with Crippen LogP contribution in [0.25, 0.3) is 11.0 Å². The molecule has 0 amide bonds. The molecule has 24 heavy (non-hydrogen) atoms. The number of aromatic nitrogens is 2. The zero-order valence-corrected chi connectivity index (χ0v) is 14.6. The maximum atomic E-state index is 9.38. The second-order valence-electron chi connectivity index (χ2n) is 6.41. The van der Waals surface area contributed by atoms with Crippen molar-refractivity contribution in [2.24, 2.45) is 0 Å². The lowest BCUT2D eigenvalue weighted by Crippen LogP contribution is -2.07. The zero-order valence-electron chi connectivity index (χ0n) is 14.6. The lowest BCUT2D eigenvalue weighted by molar-refractivity contribution is 0.689. The van der Waals surface area contributed by atoms with Gasteiger partial charge in [-0.15, -0.1) is 0 Å². The first-order valence-corrected chi connectivity index (χ1v) is 8.58. The van der Waals surface area contributed by atoms with Crippen LogP contribution in [0, 0.1) is 25.2 Å². The summed E-state index contributed by atoms with van der Waals surface area (Å²) in [6, 6.07) is 14.5. The van der Waals surface area contributed by atoms with Crippen LogP contribution in [-0.2, 0) is 13.0 Å². The molecule has 0 aliphatic heterocycles. The van der Waals surface area contributed by atoms with Gasteiger partial charge in [0.25, 0.3) is 0 Å². The number of fused-ring (bicyclic) bond motifs is 1. The van der Waals surface area contributed by atoms with E-state index in [2.05, 4.69) is 43.5 Å². The van der Waals surface area contributed by atoms with Crippen LogP contribution in [-0.4, -0.2) is 9.55 Å². The van der Waals surface area contributed by atoms with Gasteiger partial charge in [-0.1, -0.05) is 31.5 Å². The molecule has 1 aromatic heterocycles. The molecule has 0 radical (unpaired) electrons. The van der Waals surface area contributed by atoms with Crippen molar-refractivity contribution in [1.29, 1.82) is 5.26 Å². The van der Waals surface area contributed by atoms with Crippen LogP contribution >= 0.6 is 0 Å². The quantitative estimate of drug-likeness (QED) is 0.670. The Morgan fingerprint density at radius 2 is 1.88 bits per heavy atom. The van der Waals surface area contributed by atoms with E-state index in [0.717, 1.165) is 47.2 Å². The Hall–Kier alpha value is -2.60. The minimum atomic E-state index is 0.696. The van der Waals surface area contributed by atoms with E-state index < -0.39 is 0 Å². The van der Waals surface area contributed by atoms with E-state index in [1.807, 2.05) is 24.3 Å². The molecule has 122 valence electrons. The Morgan fingerprint density at radius 1 is 1.12 bits per heavy atom. The third kappa shape index (κ3) is 3.05. The van der Waals surface area contributed by atoms with Gasteiger partial charge in [0.1, 0.15) is 5.82 Å². The summed E-state index contributed by atoms with van der Waals surface area (Å²) in [5.74, 6) is 1.12. The summed E-state index contributed by atoms with van der Waals surface area (Å²) in [7, 11) is 0. The average Bonchev–Trinajstić information content (AvgIpc) is 2.91. The Bertz CT molecular complexity index is 913. The normalized spacial score (nSPS) is 10.9. The fourth-order valence-electron chi connectivity index (χ4n) is 3.07. The fourth-order valence-corrected chi connectivity index (χ4v) is 3.07. The maximum Gasteiger partial charge on any atom is 0.110 e. The summed E-state index contributed by atoms with van der Waals surface area (Å²) < 4.78 is 2.29. The summed E-state index contributed by atoms with van der Waals surface area (Å²) in [6.45, 7) is 7.17. The molecule has 0 unspecified atom stereocenters. The first-order chi connectivity index (χ1) is 11.6. The molecule has 3 heteroatoms. The summed E-state index contributed by atoms with van der Waals surface area (Å²) in [4.78, 5) is 4.88. The van der Waals surface area contributed by atoms with E-state index in [-0.39, 0.29) is 0 Å². The van der Waals surface area contributed by atoms with Crippen molar-refractivity contribution in [3.63, 3.8) is 0 Å². The molecule has 1 heterocycles. The van der Waals surface area contributed by atoms with Crippen LogP contribution in [0.15, 0.2) is 36.4 Å². The van der Waals surface area contributed by atoms with Crippen molar-refractivity contribution >= 4 is 11.0 Å². The standard InChI is InChI=1S/C21H23N3/c1-4-5-10-21-23-19-11-15(2)16(3)12-20(19)24(21)14-18-9-7-6-8-17(18)13-22/h6-9,11-12H,4-5,10,14H2,1-3H3. The lowest BCUT2D eigenvalue weighted by atomic mass is 10.1. The number of rotatable bonds is 5. The van der Waals surface area contributed by atoms with Crippen molar-refractivity contribution in [3.8, 4) is 6.07 Å². The molecule has 0 spiro atoms. The molecule has 0 saturated heterocycles. The van der Waals surface area contributed by atoms with Crippen LogP contribution < -0.4 is 0 Å². The molecule has 3 aromatic rings. The summed E-state index contributed by atoms with van der Waals surface area (Å²) in [5.41, 5.74) is 6.56. The molecule has 3 rings (SSSR count). The number of hydrogen-bond acceptors (Lipinski definition) is 2. The molecule has 0 N–H and O–H groups in total. The van der Waals surface area contributed by atoms with Gasteiger partial charge in [0.15, 0.2) is 0 Å². The third-order valence-electron chi connectivity index (χ3n) is 4.66. The van der Waals surface area contributed by atoms with Gasteiger partial charge in [-0.25, -0.2) is 4.98 Å². The SMILES string of the molecule is CCCCc1nc2cc(C)c(C)cc2n1Cc1ccccc1C#N. The van der Waals surface area contributed by atoms with E-state index >= 15 is 0 Å². The van der Waals surface area contributed by atoms with E-state index in [1.54, 1.807) is 0 Å². The fraction of sp³-hybridized carbons (Fsp3) is 0.333. The van der Waals surface area contributed by atoms with Crippen molar-refractivity contribution in [3.05, 3.63) is 64.5 Å². The number of hydrogen-bond donors (Lipinski definition) is 0. The largest absolute Gasteiger partial charge is 0.323 e. The first-order valence-electron chi connectivity index (χ1n) is 8.58. The summed E-state index contributed by atoms with van der Waals surface area (Å²) in [6.07, 6.45) is 3.25. The van der Waals surface area contributed by atoms with Crippen LogP contribution in [0.5, 0.6) is 0 Å². The van der Waals surface area contributed by atoms with Gasteiger partial charge in [-0.3, -0.25) is 0 Å². The summed E-state index contributed by atoms with van der Waals surface area (Å²) in [5, 5.41) is 9.38. The van der Waals surface area contributed by atoms with Crippen LogP contribution in [0.2, 0.25) is 0 Å². The van der Waals surface area contributed by atoms with Crippen molar-refractivity contribution < 1.29 is 0 Å². The topological polar surface area (TPSA) is 41.6 Å². The monoisotopic (exact) mass is 317 g/mol. The van der Waals surface area contributed by atoms with Gasteiger partial charge in [0.05, 0.1) is 29.2 Å². The smallest absolute Gasteiger partial charge is 0.110 e. The van der Waals surface area contributed by atoms with E-state index in [0.29, 0.717) is 6.54 Å². The van der Waals surface area contributed by atoms with Crippen LogP contribution in [0.1, 0.15) is 47.8 Å². The van der Waals surface area contributed by atoms with E-state index in [4.69, 9.17) is 4.98 Å². The van der Waals surface area contributed by atoms with Gasteiger partial charge in [0, 0.05) is 6.42 Å². The number of nitriles is 1. The molecular weight excluding hydrogens is 294 g/mol. The molecule has 2 aromatic carbocycles. The van der Waals surface area contributed by atoms with Gasteiger partial charge < -0.3 is 4.57 Å². The number of benzene rings is 2. The minimum Gasteiger partial charge on any atom is -0.323 e. The highest BCUT2D eigenvalue weighted by Crippen LogP contribution is 2.23. The third-order valence-corrected chi connectivity index (χ3v) is 4.66. The minimum absolute atomic E-state index is 0.696. The second-order valence-corrected chi connectivity index (χ2v) is 6.41. The number of nitrogens with zero attached hydrogens (tertiary/aromatic N) is 3. The molecule has 0 aliphatic rings. The summed E-state index contributed by atoms with van der Waals surface area (Å²) >= 11 is 0. The molecular formula is C21H23N3. The van der Waals surface area contributed by atoms with Gasteiger partial charge in [-0.2, -0.15) is 5.26 Å². The molecule has 3 nitrogen and oxygen atoms in total. The highest BCUT2D eigenvalue weighted by molar-refractivity contribution is 5.78. The predicted molar refractivity (Wildman–Crippen MR) is 98.1 cm³/mol. The van der Waals surface area contributed by atoms with Gasteiger partial charge in [-0.05, 0) is 55.2 Å². The Labute approximate surface area is 143 Å². The maximum absolute atomic E-state index is 9.38. The highest BCUT2D eigenvalue weighted by Gasteiger charge is 2.13. The molecule has 0 bridgehead atoms. The Balaban J connectivity index is 2.13. The molecule has 0 saturated carbocycles. The number of imidazole rings is 1. The van der Waals surface area contributed by atoms with Gasteiger partial charge in [0.2, 0.25) is 0 Å². The molecule has 0 atom stereocenters. The van der Waals surface area contributed by atoms with Crippen LogP contribution in [0.3, 0.4) is 0 Å². The second kappa shape index (κ2) is 6.88. The molecule has 0 fully saturated rings. The van der Waals surface area contributed by atoms with Gasteiger partial charge >= 0.3 is 0 Å². The average molecular weight is 317 g/mol. The van der Waals surface area contributed by atoms with E-state index in [9.17, 15) is 5.26 Å². The molecule has 0 aliphatic carbocycles. The number of unbranched alkanes of at least 4 members (excludes halogenated alkanes) is 1. The Morgan fingerprint density at radius 3 is 2.62 bits per heavy atom. The van der Waals surface area contributed by atoms with Crippen LogP contribution in [0.4, 0.5) is 0 Å². The highest BCUT2D eigenvalue weighted by atomic mass is 15.1. The van der Waals surface area contributed by atoms with Crippen molar-refractivity contribution in [2.75, 3.05) is 0 Å². The zero-order chi connectivity index (χ0) is 17.1. The number of aryl methyl sites for hydroxylation is 3.